The maximum absolute atomic E-state index is 13.3. The number of hydrogen-bond acceptors (Lipinski definition) is 3. The van der Waals surface area contributed by atoms with Crippen molar-refractivity contribution in [1.82, 2.24) is 9.29 Å². The molecule has 0 radical (unpaired) electrons. The van der Waals surface area contributed by atoms with Gasteiger partial charge in [-0.05, 0) is 40.8 Å². The molecule has 4 rings (SSSR count). The van der Waals surface area contributed by atoms with Crippen molar-refractivity contribution >= 4 is 21.6 Å². The van der Waals surface area contributed by atoms with Gasteiger partial charge in [-0.3, -0.25) is 4.98 Å². The molecule has 0 spiro atoms. The van der Waals surface area contributed by atoms with Gasteiger partial charge in [-0.2, -0.15) is 4.31 Å². The molecule has 1 unspecified atom stereocenters. The van der Waals surface area contributed by atoms with E-state index in [9.17, 15) is 8.42 Å². The third kappa shape index (κ3) is 3.63. The maximum Gasteiger partial charge on any atom is 0.219 e. The molecule has 1 atom stereocenters. The topological polar surface area (TPSA) is 50.3 Å². The first-order valence-corrected chi connectivity index (χ1v) is 10.8. The lowest BCUT2D eigenvalue weighted by atomic mass is 9.91. The third-order valence-electron chi connectivity index (χ3n) is 4.89. The second-order valence-electron chi connectivity index (χ2n) is 6.60. The van der Waals surface area contributed by atoms with E-state index >= 15 is 0 Å². The van der Waals surface area contributed by atoms with Gasteiger partial charge in [0.2, 0.25) is 10.0 Å². The first kappa shape index (κ1) is 18.2. The Labute approximate surface area is 164 Å². The van der Waals surface area contributed by atoms with Crippen LogP contribution in [0.4, 0.5) is 0 Å². The van der Waals surface area contributed by atoms with Gasteiger partial charge < -0.3 is 0 Å². The second kappa shape index (κ2) is 7.43. The normalized spacial score (nSPS) is 17.4. The predicted octanol–water partition coefficient (Wildman–Crippen LogP) is 4.21. The molecule has 0 fully saturated rings. The van der Waals surface area contributed by atoms with E-state index in [1.165, 1.54) is 5.56 Å². The lowest BCUT2D eigenvalue weighted by molar-refractivity contribution is 0.343. The van der Waals surface area contributed by atoms with Crippen molar-refractivity contribution in [1.29, 1.82) is 0 Å². The summed E-state index contributed by atoms with van der Waals surface area (Å²) in [6.45, 7) is 0.434. The van der Waals surface area contributed by atoms with Crippen LogP contribution >= 0.6 is 11.6 Å². The Hall–Kier alpha value is -2.21. The minimum absolute atomic E-state index is 0.119. The summed E-state index contributed by atoms with van der Waals surface area (Å²) < 4.78 is 28.3. The monoisotopic (exact) mass is 398 g/mol. The average molecular weight is 399 g/mol. The minimum atomic E-state index is -3.58. The van der Waals surface area contributed by atoms with Gasteiger partial charge in [0.05, 0.1) is 11.8 Å². The van der Waals surface area contributed by atoms with Crippen LogP contribution < -0.4 is 0 Å². The summed E-state index contributed by atoms with van der Waals surface area (Å²) in [6.07, 6.45) is 4.13. The number of halogens is 1. The summed E-state index contributed by atoms with van der Waals surface area (Å²) in [5.74, 6) is -0.119. The predicted molar refractivity (Wildman–Crippen MR) is 107 cm³/mol. The Bertz CT molecular complexity index is 1050. The highest BCUT2D eigenvalue weighted by Gasteiger charge is 2.36. The van der Waals surface area contributed by atoms with Gasteiger partial charge in [0, 0.05) is 24.0 Å². The van der Waals surface area contributed by atoms with Crippen LogP contribution in [-0.2, 0) is 22.2 Å². The second-order valence-corrected chi connectivity index (χ2v) is 8.92. The molecule has 3 aromatic rings. The molecule has 4 nitrogen and oxygen atoms in total. The quantitative estimate of drug-likeness (QED) is 0.661. The molecule has 0 N–H and O–H groups in total. The minimum Gasteiger partial charge on any atom is -0.264 e. The summed E-state index contributed by atoms with van der Waals surface area (Å²) in [5.41, 5.74) is 3.67. The average Bonchev–Trinajstić information content (AvgIpc) is 2.69. The number of fused-ring (bicyclic) bond motifs is 1. The van der Waals surface area contributed by atoms with Crippen LogP contribution in [0.25, 0.3) is 0 Å². The molecule has 0 bridgehead atoms. The SMILES string of the molecule is O=S(=O)(Cc1ccccc1Cl)N1CCc2ccccc2C1c1cccnc1. The molecule has 2 heterocycles. The molecule has 138 valence electrons. The van der Waals surface area contributed by atoms with E-state index in [4.69, 9.17) is 11.6 Å². The molecule has 0 saturated heterocycles. The van der Waals surface area contributed by atoms with Gasteiger partial charge in [-0.25, -0.2) is 8.42 Å². The van der Waals surface area contributed by atoms with Crippen molar-refractivity contribution < 1.29 is 8.42 Å². The zero-order valence-electron chi connectivity index (χ0n) is 14.6. The van der Waals surface area contributed by atoms with Crippen molar-refractivity contribution in [2.45, 2.75) is 18.2 Å². The number of sulfonamides is 1. The number of hydrogen-bond donors (Lipinski definition) is 0. The van der Waals surface area contributed by atoms with E-state index in [1.807, 2.05) is 30.3 Å². The van der Waals surface area contributed by atoms with Gasteiger partial charge in [0.1, 0.15) is 0 Å². The van der Waals surface area contributed by atoms with Crippen molar-refractivity contribution in [2.24, 2.45) is 0 Å². The first-order valence-electron chi connectivity index (χ1n) is 8.77. The first-order chi connectivity index (χ1) is 13.1. The van der Waals surface area contributed by atoms with Gasteiger partial charge in [0.25, 0.3) is 0 Å². The number of nitrogens with zero attached hydrogens (tertiary/aromatic N) is 2. The molecule has 0 saturated carbocycles. The molecule has 1 aliphatic heterocycles. The molecule has 0 amide bonds. The van der Waals surface area contributed by atoms with Gasteiger partial charge in [0.15, 0.2) is 0 Å². The highest BCUT2D eigenvalue weighted by atomic mass is 35.5. The molecular weight excluding hydrogens is 380 g/mol. The molecule has 0 aliphatic carbocycles. The zero-order chi connectivity index (χ0) is 18.9. The van der Waals surface area contributed by atoms with Crippen LogP contribution in [0.5, 0.6) is 0 Å². The summed E-state index contributed by atoms with van der Waals surface area (Å²) in [7, 11) is -3.58. The fraction of sp³-hybridized carbons (Fsp3) is 0.190. The van der Waals surface area contributed by atoms with E-state index in [-0.39, 0.29) is 11.8 Å². The molecule has 27 heavy (non-hydrogen) atoms. The van der Waals surface area contributed by atoms with E-state index in [0.29, 0.717) is 23.6 Å². The Morgan fingerprint density at radius 2 is 1.81 bits per heavy atom. The standard InChI is InChI=1S/C21H19ClN2O2S/c22-20-10-4-2-7-18(20)15-27(25,26)24-13-11-16-6-1-3-9-19(16)21(24)17-8-5-12-23-14-17/h1-10,12,14,21H,11,13,15H2. The number of rotatable bonds is 4. The van der Waals surface area contributed by atoms with Crippen molar-refractivity contribution in [3.63, 3.8) is 0 Å². The largest absolute Gasteiger partial charge is 0.264 e. The smallest absolute Gasteiger partial charge is 0.219 e. The fourth-order valence-corrected chi connectivity index (χ4v) is 5.64. The Kier molecular flexibility index (Phi) is 5.00. The number of benzene rings is 2. The highest BCUT2D eigenvalue weighted by molar-refractivity contribution is 7.88. The van der Waals surface area contributed by atoms with Crippen LogP contribution in [-0.4, -0.2) is 24.3 Å². The number of aromatic nitrogens is 1. The summed E-state index contributed by atoms with van der Waals surface area (Å²) >= 11 is 6.21. The van der Waals surface area contributed by atoms with E-state index < -0.39 is 10.0 Å². The summed E-state index contributed by atoms with van der Waals surface area (Å²) in [5, 5.41) is 0.469. The molecular formula is C21H19ClN2O2S. The Morgan fingerprint density at radius 3 is 2.59 bits per heavy atom. The van der Waals surface area contributed by atoms with Crippen molar-refractivity contribution in [3.8, 4) is 0 Å². The van der Waals surface area contributed by atoms with E-state index in [2.05, 4.69) is 11.1 Å². The fourth-order valence-electron chi connectivity index (χ4n) is 3.62. The van der Waals surface area contributed by atoms with Gasteiger partial charge in [-0.1, -0.05) is 60.1 Å². The molecule has 6 heteroatoms. The summed E-state index contributed by atoms with van der Waals surface area (Å²) in [6, 6.07) is 18.5. The van der Waals surface area contributed by atoms with Gasteiger partial charge in [-0.15, -0.1) is 0 Å². The van der Waals surface area contributed by atoms with Gasteiger partial charge >= 0.3 is 0 Å². The van der Waals surface area contributed by atoms with Crippen LogP contribution in [0, 0.1) is 0 Å². The van der Waals surface area contributed by atoms with Crippen LogP contribution in [0.15, 0.2) is 73.1 Å². The Morgan fingerprint density at radius 1 is 1.04 bits per heavy atom. The van der Waals surface area contributed by atoms with Crippen LogP contribution in [0.2, 0.25) is 5.02 Å². The third-order valence-corrected chi connectivity index (χ3v) is 7.04. The van der Waals surface area contributed by atoms with Crippen molar-refractivity contribution in [3.05, 3.63) is 100 Å². The molecule has 1 aliphatic rings. The van der Waals surface area contributed by atoms with Crippen LogP contribution in [0.3, 0.4) is 0 Å². The van der Waals surface area contributed by atoms with E-state index in [0.717, 1.165) is 11.1 Å². The molecule has 2 aromatic carbocycles. The van der Waals surface area contributed by atoms with Crippen LogP contribution in [0.1, 0.15) is 28.3 Å². The number of pyridine rings is 1. The lowest BCUT2D eigenvalue weighted by Crippen LogP contribution is -2.41. The highest BCUT2D eigenvalue weighted by Crippen LogP contribution is 2.37. The summed E-state index contributed by atoms with van der Waals surface area (Å²) in [4.78, 5) is 4.20. The van der Waals surface area contributed by atoms with E-state index in [1.54, 1.807) is 41.0 Å². The molecule has 1 aromatic heterocycles. The lowest BCUT2D eigenvalue weighted by Gasteiger charge is -2.36. The maximum atomic E-state index is 13.3. The zero-order valence-corrected chi connectivity index (χ0v) is 16.2. The Balaban J connectivity index is 1.78. The van der Waals surface area contributed by atoms with Crippen molar-refractivity contribution in [2.75, 3.05) is 6.54 Å².